The molecule has 2 atom stereocenters. The van der Waals surface area contributed by atoms with Crippen molar-refractivity contribution in [1.29, 1.82) is 0 Å². The topological polar surface area (TPSA) is 85.4 Å². The predicted octanol–water partition coefficient (Wildman–Crippen LogP) is 5.48. The number of aromatic nitrogens is 3. The standard InChI is InChI=1S/C23H28F3N5O3/c1-4-18(33-5-2)31-17-9-8-16(11-15(17)12-27-31)28-21(32)19-20(23(24,25)26)29-22(34-19)30-10-6-7-14(3)13-30/h8-9,11-12,14,18H,4-7,10,13H2,1-3H3,(H,28,32). The maximum absolute atomic E-state index is 13.6. The van der Waals surface area contributed by atoms with Crippen molar-refractivity contribution in [1.82, 2.24) is 14.8 Å². The number of rotatable bonds is 7. The molecule has 1 N–H and O–H groups in total. The molecule has 2 aromatic heterocycles. The van der Waals surface area contributed by atoms with Gasteiger partial charge in [0, 0.05) is 30.8 Å². The molecule has 1 fully saturated rings. The van der Waals surface area contributed by atoms with E-state index in [2.05, 4.69) is 15.4 Å². The molecule has 184 valence electrons. The minimum atomic E-state index is -4.82. The number of amides is 1. The summed E-state index contributed by atoms with van der Waals surface area (Å²) < 4.78 is 53.8. The minimum Gasteiger partial charge on any atom is -0.417 e. The number of hydrogen-bond donors (Lipinski definition) is 1. The number of piperidine rings is 1. The van der Waals surface area contributed by atoms with E-state index in [4.69, 9.17) is 9.15 Å². The first-order valence-electron chi connectivity index (χ1n) is 11.4. The highest BCUT2D eigenvalue weighted by Crippen LogP contribution is 2.35. The Balaban J connectivity index is 1.59. The summed E-state index contributed by atoms with van der Waals surface area (Å²) in [5, 5.41) is 7.59. The Labute approximate surface area is 195 Å². The number of fused-ring (bicyclic) bond motifs is 1. The van der Waals surface area contributed by atoms with Gasteiger partial charge in [0.1, 0.15) is 0 Å². The Morgan fingerprint density at radius 1 is 1.35 bits per heavy atom. The molecular weight excluding hydrogens is 451 g/mol. The Morgan fingerprint density at radius 2 is 2.15 bits per heavy atom. The maximum Gasteiger partial charge on any atom is 0.437 e. The van der Waals surface area contributed by atoms with E-state index >= 15 is 0 Å². The van der Waals surface area contributed by atoms with Gasteiger partial charge in [-0.25, -0.2) is 4.68 Å². The van der Waals surface area contributed by atoms with Crippen molar-refractivity contribution in [3.63, 3.8) is 0 Å². The molecule has 0 aliphatic carbocycles. The zero-order valence-corrected chi connectivity index (χ0v) is 19.4. The molecule has 0 radical (unpaired) electrons. The lowest BCUT2D eigenvalue weighted by atomic mass is 10.0. The number of ether oxygens (including phenoxy) is 1. The number of alkyl halides is 3. The Hall–Kier alpha value is -3.08. The molecule has 3 heterocycles. The van der Waals surface area contributed by atoms with Crippen LogP contribution in [-0.2, 0) is 10.9 Å². The number of nitrogens with one attached hydrogen (secondary N) is 1. The van der Waals surface area contributed by atoms with Crippen molar-refractivity contribution in [2.24, 2.45) is 5.92 Å². The summed E-state index contributed by atoms with van der Waals surface area (Å²) >= 11 is 0. The van der Waals surface area contributed by atoms with Gasteiger partial charge in [-0.3, -0.25) is 4.79 Å². The second-order valence-corrected chi connectivity index (χ2v) is 8.50. The first-order chi connectivity index (χ1) is 16.2. The number of carbonyl (C=O) groups excluding carboxylic acids is 1. The third-order valence-corrected chi connectivity index (χ3v) is 5.85. The fourth-order valence-electron chi connectivity index (χ4n) is 4.26. The van der Waals surface area contributed by atoms with Crippen LogP contribution in [0.15, 0.2) is 28.8 Å². The zero-order chi connectivity index (χ0) is 24.5. The smallest absolute Gasteiger partial charge is 0.417 e. The molecule has 1 saturated heterocycles. The van der Waals surface area contributed by atoms with E-state index in [1.54, 1.807) is 34.0 Å². The van der Waals surface area contributed by atoms with Crippen LogP contribution in [0.3, 0.4) is 0 Å². The Kier molecular flexibility index (Phi) is 6.83. The SMILES string of the molecule is CCOC(CC)n1ncc2cc(NC(=O)c3oc(N4CCCC(C)C4)nc3C(F)(F)F)ccc21. The highest BCUT2D eigenvalue weighted by molar-refractivity contribution is 6.04. The number of carbonyl (C=O) groups is 1. The summed E-state index contributed by atoms with van der Waals surface area (Å²) in [4.78, 5) is 18.1. The third kappa shape index (κ3) is 4.89. The van der Waals surface area contributed by atoms with E-state index in [-0.39, 0.29) is 12.2 Å². The van der Waals surface area contributed by atoms with Crippen LogP contribution in [0.2, 0.25) is 0 Å². The molecule has 11 heteroatoms. The summed E-state index contributed by atoms with van der Waals surface area (Å²) in [7, 11) is 0. The predicted molar refractivity (Wildman–Crippen MR) is 121 cm³/mol. The molecule has 4 rings (SSSR count). The summed E-state index contributed by atoms with van der Waals surface area (Å²) in [6.07, 6.45) is -0.913. The van der Waals surface area contributed by atoms with Gasteiger partial charge in [-0.05, 0) is 50.3 Å². The molecule has 0 spiro atoms. The second kappa shape index (κ2) is 9.65. The highest BCUT2D eigenvalue weighted by Gasteiger charge is 2.42. The van der Waals surface area contributed by atoms with Crippen LogP contribution in [0.25, 0.3) is 10.9 Å². The number of hydrogen-bond acceptors (Lipinski definition) is 6. The van der Waals surface area contributed by atoms with Gasteiger partial charge < -0.3 is 19.4 Å². The molecule has 1 amide bonds. The lowest BCUT2D eigenvalue weighted by molar-refractivity contribution is -0.141. The molecule has 1 aliphatic rings. The van der Waals surface area contributed by atoms with Gasteiger partial charge in [-0.15, -0.1) is 0 Å². The summed E-state index contributed by atoms with van der Waals surface area (Å²) in [5.74, 6) is -1.56. The molecule has 34 heavy (non-hydrogen) atoms. The van der Waals surface area contributed by atoms with E-state index in [0.717, 1.165) is 18.4 Å². The van der Waals surface area contributed by atoms with Gasteiger partial charge in [-0.2, -0.15) is 23.3 Å². The van der Waals surface area contributed by atoms with Crippen molar-refractivity contribution in [3.05, 3.63) is 35.9 Å². The van der Waals surface area contributed by atoms with Crippen molar-refractivity contribution in [2.75, 3.05) is 29.9 Å². The number of benzene rings is 1. The van der Waals surface area contributed by atoms with Crippen LogP contribution >= 0.6 is 0 Å². The first kappa shape index (κ1) is 24.1. The van der Waals surface area contributed by atoms with Gasteiger partial charge in [0.15, 0.2) is 11.9 Å². The van der Waals surface area contributed by atoms with Crippen LogP contribution in [0.4, 0.5) is 24.9 Å². The van der Waals surface area contributed by atoms with E-state index in [0.29, 0.717) is 43.1 Å². The summed E-state index contributed by atoms with van der Waals surface area (Å²) in [6.45, 7) is 7.49. The fourth-order valence-corrected chi connectivity index (χ4v) is 4.26. The number of halogens is 3. The largest absolute Gasteiger partial charge is 0.437 e. The maximum atomic E-state index is 13.6. The normalized spacial score (nSPS) is 17.8. The zero-order valence-electron chi connectivity index (χ0n) is 19.4. The quantitative estimate of drug-likeness (QED) is 0.483. The molecule has 8 nitrogen and oxygen atoms in total. The van der Waals surface area contributed by atoms with Crippen molar-refractivity contribution in [2.45, 2.75) is 52.4 Å². The van der Waals surface area contributed by atoms with E-state index in [9.17, 15) is 18.0 Å². The Morgan fingerprint density at radius 3 is 2.82 bits per heavy atom. The van der Waals surface area contributed by atoms with Crippen LogP contribution in [0, 0.1) is 5.92 Å². The number of oxazole rings is 1. The van der Waals surface area contributed by atoms with E-state index < -0.39 is 23.5 Å². The second-order valence-electron chi connectivity index (χ2n) is 8.50. The van der Waals surface area contributed by atoms with Gasteiger partial charge in [0.25, 0.3) is 11.9 Å². The average Bonchev–Trinajstić information content (AvgIpc) is 3.42. The molecule has 0 saturated carbocycles. The fraction of sp³-hybridized carbons (Fsp3) is 0.522. The molecule has 1 aromatic carbocycles. The van der Waals surface area contributed by atoms with Gasteiger partial charge >= 0.3 is 6.18 Å². The molecule has 0 bridgehead atoms. The van der Waals surface area contributed by atoms with Crippen molar-refractivity contribution < 1.29 is 27.1 Å². The lowest BCUT2D eigenvalue weighted by Gasteiger charge is -2.29. The molecule has 1 aliphatic heterocycles. The van der Waals surface area contributed by atoms with Crippen LogP contribution in [0.5, 0.6) is 0 Å². The Bertz CT molecular complexity index is 1160. The van der Waals surface area contributed by atoms with Crippen molar-refractivity contribution in [3.8, 4) is 0 Å². The van der Waals surface area contributed by atoms with E-state index in [1.807, 2.05) is 20.8 Å². The van der Waals surface area contributed by atoms with E-state index in [1.165, 1.54) is 0 Å². The lowest BCUT2D eigenvalue weighted by Crippen LogP contribution is -2.34. The highest BCUT2D eigenvalue weighted by atomic mass is 19.4. The van der Waals surface area contributed by atoms with Crippen LogP contribution in [-0.4, -0.2) is 40.4 Å². The summed E-state index contributed by atoms with van der Waals surface area (Å²) in [5.41, 5.74) is -0.218. The van der Waals surface area contributed by atoms with Gasteiger partial charge in [0.05, 0.1) is 11.7 Å². The van der Waals surface area contributed by atoms with Crippen LogP contribution in [0.1, 0.15) is 62.5 Å². The first-order valence-corrected chi connectivity index (χ1v) is 11.4. The number of nitrogens with zero attached hydrogens (tertiary/aromatic N) is 4. The molecule has 2 unspecified atom stereocenters. The summed E-state index contributed by atoms with van der Waals surface area (Å²) in [6, 6.07) is 4.81. The van der Waals surface area contributed by atoms with Crippen LogP contribution < -0.4 is 10.2 Å². The molecule has 3 aromatic rings. The number of anilines is 2. The molecular formula is C23H28F3N5O3. The van der Waals surface area contributed by atoms with Crippen molar-refractivity contribution >= 4 is 28.5 Å². The third-order valence-electron chi connectivity index (χ3n) is 5.85. The minimum absolute atomic E-state index is 0.178. The van der Waals surface area contributed by atoms with Gasteiger partial charge in [-0.1, -0.05) is 13.8 Å². The average molecular weight is 480 g/mol. The van der Waals surface area contributed by atoms with Gasteiger partial charge in [0.2, 0.25) is 5.76 Å². The monoisotopic (exact) mass is 479 g/mol.